The molecule has 0 aromatic carbocycles. The fraction of sp³-hybridized carbons (Fsp3) is 0.571. The molecule has 0 radical (unpaired) electrons. The minimum absolute atomic E-state index is 0.219. The molecule has 0 saturated carbocycles. The van der Waals surface area contributed by atoms with Crippen LogP contribution in [-0.2, 0) is 11.3 Å². The molecule has 1 aliphatic rings. The third-order valence-corrected chi connectivity index (χ3v) is 3.34. The van der Waals surface area contributed by atoms with Gasteiger partial charge in [-0.1, -0.05) is 6.07 Å². The number of anilines is 1. The van der Waals surface area contributed by atoms with Crippen molar-refractivity contribution < 1.29 is 9.53 Å². The van der Waals surface area contributed by atoms with Crippen molar-refractivity contribution in [2.24, 2.45) is 0 Å². The Hall–Kier alpha value is -1.82. The first-order chi connectivity index (χ1) is 9.76. The molecule has 0 unspecified atom stereocenters. The molecule has 1 aromatic heterocycles. The van der Waals surface area contributed by atoms with Gasteiger partial charge in [-0.05, 0) is 20.0 Å². The predicted molar refractivity (Wildman–Crippen MR) is 77.8 cm³/mol. The number of aromatic nitrogens is 1. The molecule has 6 heteroatoms. The van der Waals surface area contributed by atoms with Crippen molar-refractivity contribution in [3.8, 4) is 0 Å². The molecule has 0 bridgehead atoms. The summed E-state index contributed by atoms with van der Waals surface area (Å²) in [5.74, 6) is 1.00. The van der Waals surface area contributed by atoms with Gasteiger partial charge in [-0.15, -0.1) is 0 Å². The van der Waals surface area contributed by atoms with Crippen LogP contribution in [-0.4, -0.2) is 55.8 Å². The maximum Gasteiger partial charge on any atom is 0.409 e. The van der Waals surface area contributed by atoms with Gasteiger partial charge in [-0.2, -0.15) is 0 Å². The van der Waals surface area contributed by atoms with Gasteiger partial charge in [0.1, 0.15) is 5.82 Å². The summed E-state index contributed by atoms with van der Waals surface area (Å²) in [5.41, 5.74) is 1.18. The molecule has 110 valence electrons. The Morgan fingerprint density at radius 3 is 2.80 bits per heavy atom. The van der Waals surface area contributed by atoms with Crippen LogP contribution < -0.4 is 10.2 Å². The van der Waals surface area contributed by atoms with E-state index in [1.54, 1.807) is 4.90 Å². The normalized spacial score (nSPS) is 15.3. The van der Waals surface area contributed by atoms with Crippen molar-refractivity contribution in [3.05, 3.63) is 23.9 Å². The van der Waals surface area contributed by atoms with Crippen LogP contribution in [0.1, 0.15) is 12.5 Å². The molecule has 20 heavy (non-hydrogen) atoms. The molecule has 1 aliphatic heterocycles. The summed E-state index contributed by atoms with van der Waals surface area (Å²) in [7, 11) is 1.93. The monoisotopic (exact) mass is 278 g/mol. The molecule has 0 aliphatic carbocycles. The number of piperazine rings is 1. The fourth-order valence-corrected chi connectivity index (χ4v) is 2.36. The zero-order valence-electron chi connectivity index (χ0n) is 12.1. The van der Waals surface area contributed by atoms with Gasteiger partial charge in [0.25, 0.3) is 0 Å². The summed E-state index contributed by atoms with van der Waals surface area (Å²) in [6.07, 6.45) is 1.59. The van der Waals surface area contributed by atoms with E-state index in [-0.39, 0.29) is 6.09 Å². The van der Waals surface area contributed by atoms with Crippen LogP contribution in [0.25, 0.3) is 0 Å². The lowest BCUT2D eigenvalue weighted by atomic mass is 10.2. The topological polar surface area (TPSA) is 57.7 Å². The Kier molecular flexibility index (Phi) is 5.17. The number of nitrogens with one attached hydrogen (secondary N) is 1. The molecule has 0 spiro atoms. The molecular formula is C14H22N4O2. The summed E-state index contributed by atoms with van der Waals surface area (Å²) < 4.78 is 5.03. The average Bonchev–Trinajstić information content (AvgIpc) is 2.49. The molecule has 1 fully saturated rings. The summed E-state index contributed by atoms with van der Waals surface area (Å²) in [6, 6.07) is 4.03. The number of pyridine rings is 1. The number of ether oxygens (including phenoxy) is 1. The number of carbonyl (C=O) groups is 1. The lowest BCUT2D eigenvalue weighted by Crippen LogP contribution is -2.49. The van der Waals surface area contributed by atoms with Crippen molar-refractivity contribution >= 4 is 11.9 Å². The van der Waals surface area contributed by atoms with Gasteiger partial charge in [-0.25, -0.2) is 9.78 Å². The van der Waals surface area contributed by atoms with Crippen molar-refractivity contribution in [1.29, 1.82) is 0 Å². The first-order valence-electron chi connectivity index (χ1n) is 7.01. The van der Waals surface area contributed by atoms with Crippen molar-refractivity contribution in [1.82, 2.24) is 15.2 Å². The minimum Gasteiger partial charge on any atom is -0.450 e. The lowest BCUT2D eigenvalue weighted by molar-refractivity contribution is 0.105. The lowest BCUT2D eigenvalue weighted by Gasteiger charge is -2.35. The van der Waals surface area contributed by atoms with E-state index in [2.05, 4.69) is 21.3 Å². The highest BCUT2D eigenvalue weighted by Gasteiger charge is 2.23. The maximum absolute atomic E-state index is 11.7. The van der Waals surface area contributed by atoms with Gasteiger partial charge in [0.2, 0.25) is 0 Å². The summed E-state index contributed by atoms with van der Waals surface area (Å²) in [6.45, 7) is 5.96. The predicted octanol–water partition coefficient (Wildman–Crippen LogP) is 1.08. The Balaban J connectivity index is 1.98. The summed E-state index contributed by atoms with van der Waals surface area (Å²) in [4.78, 5) is 20.1. The molecule has 2 rings (SSSR count). The van der Waals surface area contributed by atoms with Gasteiger partial charge in [0.05, 0.1) is 6.61 Å². The molecule has 6 nitrogen and oxygen atoms in total. The second-order valence-electron chi connectivity index (χ2n) is 4.69. The minimum atomic E-state index is -0.219. The van der Waals surface area contributed by atoms with E-state index in [1.807, 2.05) is 26.2 Å². The highest BCUT2D eigenvalue weighted by atomic mass is 16.6. The molecule has 1 aromatic rings. The van der Waals surface area contributed by atoms with E-state index < -0.39 is 0 Å². The zero-order chi connectivity index (χ0) is 14.4. The van der Waals surface area contributed by atoms with Crippen LogP contribution in [0.2, 0.25) is 0 Å². The van der Waals surface area contributed by atoms with Gasteiger partial charge >= 0.3 is 6.09 Å². The summed E-state index contributed by atoms with van der Waals surface area (Å²) in [5, 5.41) is 3.16. The quantitative estimate of drug-likeness (QED) is 0.893. The van der Waals surface area contributed by atoms with E-state index in [0.717, 1.165) is 25.5 Å². The number of hydrogen-bond acceptors (Lipinski definition) is 5. The Morgan fingerprint density at radius 2 is 2.15 bits per heavy atom. The van der Waals surface area contributed by atoms with E-state index in [0.29, 0.717) is 19.7 Å². The van der Waals surface area contributed by atoms with Crippen LogP contribution >= 0.6 is 0 Å². The molecule has 0 atom stereocenters. The van der Waals surface area contributed by atoms with Gasteiger partial charge < -0.3 is 19.9 Å². The largest absolute Gasteiger partial charge is 0.450 e. The third-order valence-electron chi connectivity index (χ3n) is 3.34. The average molecular weight is 278 g/mol. The second kappa shape index (κ2) is 7.09. The number of rotatable bonds is 4. The first-order valence-corrected chi connectivity index (χ1v) is 7.01. The maximum atomic E-state index is 11.7. The Labute approximate surface area is 119 Å². The van der Waals surface area contributed by atoms with Crippen LogP contribution in [0, 0.1) is 0 Å². The van der Waals surface area contributed by atoms with Crippen molar-refractivity contribution in [3.63, 3.8) is 0 Å². The van der Waals surface area contributed by atoms with Gasteiger partial charge in [-0.3, -0.25) is 0 Å². The molecule has 2 heterocycles. The van der Waals surface area contributed by atoms with Crippen molar-refractivity contribution in [2.45, 2.75) is 13.5 Å². The van der Waals surface area contributed by atoms with Crippen LogP contribution in [0.5, 0.6) is 0 Å². The van der Waals surface area contributed by atoms with Gasteiger partial charge in [0, 0.05) is 44.5 Å². The number of hydrogen-bond donors (Lipinski definition) is 1. The standard InChI is InChI=1S/C14H22N4O2/c1-3-20-14(19)18-9-7-17(8-10-18)13-12(11-15-2)5-4-6-16-13/h4-6,15H,3,7-11H2,1-2H3. The number of carbonyl (C=O) groups excluding carboxylic acids is 1. The number of amides is 1. The van der Waals surface area contributed by atoms with Gasteiger partial charge in [0.15, 0.2) is 0 Å². The van der Waals surface area contributed by atoms with E-state index in [4.69, 9.17) is 4.74 Å². The van der Waals surface area contributed by atoms with Crippen LogP contribution in [0.15, 0.2) is 18.3 Å². The number of nitrogens with zero attached hydrogens (tertiary/aromatic N) is 3. The van der Waals surface area contributed by atoms with Crippen LogP contribution in [0.3, 0.4) is 0 Å². The first kappa shape index (κ1) is 14.6. The zero-order valence-corrected chi connectivity index (χ0v) is 12.1. The highest BCUT2D eigenvalue weighted by Crippen LogP contribution is 2.19. The molecule has 1 saturated heterocycles. The van der Waals surface area contributed by atoms with Crippen molar-refractivity contribution in [2.75, 3.05) is 44.7 Å². The highest BCUT2D eigenvalue weighted by molar-refractivity contribution is 5.68. The summed E-state index contributed by atoms with van der Waals surface area (Å²) >= 11 is 0. The molecule has 1 amide bonds. The smallest absolute Gasteiger partial charge is 0.409 e. The third kappa shape index (κ3) is 3.39. The fourth-order valence-electron chi connectivity index (χ4n) is 2.36. The van der Waals surface area contributed by atoms with E-state index in [9.17, 15) is 4.79 Å². The SMILES string of the molecule is CCOC(=O)N1CCN(c2ncccc2CNC)CC1. The second-order valence-corrected chi connectivity index (χ2v) is 4.69. The Bertz CT molecular complexity index is 445. The van der Waals surface area contributed by atoms with E-state index >= 15 is 0 Å². The molecular weight excluding hydrogens is 256 g/mol. The van der Waals surface area contributed by atoms with E-state index in [1.165, 1.54) is 5.56 Å². The van der Waals surface area contributed by atoms with Crippen LogP contribution in [0.4, 0.5) is 10.6 Å². The Morgan fingerprint density at radius 1 is 1.40 bits per heavy atom. The molecule has 1 N–H and O–H groups in total.